The van der Waals surface area contributed by atoms with Gasteiger partial charge in [0.25, 0.3) is 0 Å². The molecular formula is C13H20Br2N2O3S. The van der Waals surface area contributed by atoms with E-state index in [-0.39, 0.29) is 4.90 Å². The molecule has 0 radical (unpaired) electrons. The summed E-state index contributed by atoms with van der Waals surface area (Å²) in [6, 6.07) is 3.13. The zero-order valence-corrected chi connectivity index (χ0v) is 15.9. The Hall–Kier alpha value is -0.150. The van der Waals surface area contributed by atoms with Crippen LogP contribution in [0.25, 0.3) is 0 Å². The second-order valence-electron chi connectivity index (χ2n) is 4.53. The number of unbranched alkanes of at least 4 members (excludes halogenated alkanes) is 1. The minimum Gasteiger partial charge on any atom is -0.399 e. The summed E-state index contributed by atoms with van der Waals surface area (Å²) in [6.45, 7) is 3.70. The van der Waals surface area contributed by atoms with Crippen LogP contribution in [0.5, 0.6) is 0 Å². The number of rotatable bonds is 9. The lowest BCUT2D eigenvalue weighted by molar-refractivity contribution is 0.130. The van der Waals surface area contributed by atoms with E-state index in [0.29, 0.717) is 34.2 Å². The number of nitrogens with two attached hydrogens (primary N) is 1. The fourth-order valence-corrected chi connectivity index (χ4v) is 5.33. The average molecular weight is 444 g/mol. The average Bonchev–Trinajstić information content (AvgIpc) is 2.35. The summed E-state index contributed by atoms with van der Waals surface area (Å²) >= 11 is 6.46. The highest BCUT2D eigenvalue weighted by atomic mass is 79.9. The van der Waals surface area contributed by atoms with Crippen molar-refractivity contribution < 1.29 is 13.2 Å². The molecule has 0 atom stereocenters. The third-order valence-corrected chi connectivity index (χ3v) is 6.03. The quantitative estimate of drug-likeness (QED) is 0.453. The molecule has 0 fully saturated rings. The smallest absolute Gasteiger partial charge is 0.242 e. The van der Waals surface area contributed by atoms with E-state index in [2.05, 4.69) is 43.5 Å². The molecule has 0 aliphatic carbocycles. The number of anilines is 1. The lowest BCUT2D eigenvalue weighted by Gasteiger charge is -2.11. The molecule has 0 aliphatic heterocycles. The molecule has 5 nitrogen and oxygen atoms in total. The van der Waals surface area contributed by atoms with Gasteiger partial charge in [0.05, 0.1) is 0 Å². The molecule has 0 aliphatic rings. The third-order valence-electron chi connectivity index (χ3n) is 2.69. The van der Waals surface area contributed by atoms with E-state index < -0.39 is 10.0 Å². The minimum absolute atomic E-state index is 0.156. The van der Waals surface area contributed by atoms with Gasteiger partial charge in [0.2, 0.25) is 10.0 Å². The van der Waals surface area contributed by atoms with Gasteiger partial charge in [-0.1, -0.05) is 13.3 Å². The lowest BCUT2D eigenvalue weighted by atomic mass is 10.3. The Bertz CT molecular complexity index is 542. The van der Waals surface area contributed by atoms with Crippen LogP contribution in [0.4, 0.5) is 5.69 Å². The molecule has 0 heterocycles. The highest BCUT2D eigenvalue weighted by molar-refractivity contribution is 9.11. The molecule has 0 unspecified atom stereocenters. The standard InChI is InChI=1S/C13H20Br2N2O3S/c1-2-3-6-20-7-4-5-17-21(18,19)13-11(14)8-10(16)9-12(13)15/h8-9,17H,2-7,16H2,1H3. The zero-order chi connectivity index (χ0) is 15.9. The van der Waals surface area contributed by atoms with Gasteiger partial charge in [-0.05, 0) is 56.8 Å². The molecule has 0 bridgehead atoms. The van der Waals surface area contributed by atoms with E-state index in [9.17, 15) is 8.42 Å². The summed E-state index contributed by atoms with van der Waals surface area (Å²) in [4.78, 5) is 0.156. The van der Waals surface area contributed by atoms with E-state index in [1.54, 1.807) is 12.1 Å². The molecule has 0 saturated carbocycles. The summed E-state index contributed by atoms with van der Waals surface area (Å²) < 4.78 is 33.3. The van der Waals surface area contributed by atoms with Gasteiger partial charge in [0.15, 0.2) is 0 Å². The predicted octanol–water partition coefficient (Wildman–Crippen LogP) is 3.28. The molecule has 1 aromatic rings. The maximum absolute atomic E-state index is 12.3. The van der Waals surface area contributed by atoms with Crippen LogP contribution in [0.3, 0.4) is 0 Å². The number of benzene rings is 1. The van der Waals surface area contributed by atoms with Gasteiger partial charge in [-0.25, -0.2) is 13.1 Å². The van der Waals surface area contributed by atoms with Crippen molar-refractivity contribution in [1.29, 1.82) is 0 Å². The molecule has 21 heavy (non-hydrogen) atoms. The highest BCUT2D eigenvalue weighted by Gasteiger charge is 2.21. The Kier molecular flexibility index (Phi) is 8.18. The summed E-state index contributed by atoms with van der Waals surface area (Å²) in [6.07, 6.45) is 2.75. The molecular weight excluding hydrogens is 424 g/mol. The second kappa shape index (κ2) is 9.09. The molecule has 0 aromatic heterocycles. The van der Waals surface area contributed by atoms with Gasteiger partial charge >= 0.3 is 0 Å². The first-order valence-electron chi connectivity index (χ1n) is 6.70. The highest BCUT2D eigenvalue weighted by Crippen LogP contribution is 2.32. The predicted molar refractivity (Wildman–Crippen MR) is 91.8 cm³/mol. The molecule has 0 spiro atoms. The number of hydrogen-bond acceptors (Lipinski definition) is 4. The maximum Gasteiger partial charge on any atom is 0.242 e. The van der Waals surface area contributed by atoms with Gasteiger partial charge < -0.3 is 10.5 Å². The van der Waals surface area contributed by atoms with E-state index in [4.69, 9.17) is 10.5 Å². The molecule has 0 amide bonds. The number of ether oxygens (including phenoxy) is 1. The Morgan fingerprint density at radius 1 is 1.19 bits per heavy atom. The first kappa shape index (κ1) is 18.9. The number of hydrogen-bond donors (Lipinski definition) is 2. The largest absolute Gasteiger partial charge is 0.399 e. The van der Waals surface area contributed by atoms with E-state index in [1.165, 1.54) is 0 Å². The van der Waals surface area contributed by atoms with Crippen LogP contribution in [0.15, 0.2) is 26.0 Å². The normalized spacial score (nSPS) is 11.8. The van der Waals surface area contributed by atoms with Crippen LogP contribution < -0.4 is 10.5 Å². The summed E-state index contributed by atoms with van der Waals surface area (Å²) in [5, 5.41) is 0. The summed E-state index contributed by atoms with van der Waals surface area (Å²) in [5.41, 5.74) is 6.14. The molecule has 120 valence electrons. The van der Waals surface area contributed by atoms with Gasteiger partial charge in [-0.2, -0.15) is 0 Å². The number of nitrogen functional groups attached to an aromatic ring is 1. The van der Waals surface area contributed by atoms with Crippen LogP contribution in [-0.2, 0) is 14.8 Å². The number of halogens is 2. The number of sulfonamides is 1. The van der Waals surface area contributed by atoms with E-state index >= 15 is 0 Å². The summed E-state index contributed by atoms with van der Waals surface area (Å²) in [7, 11) is -3.59. The van der Waals surface area contributed by atoms with Crippen molar-refractivity contribution in [1.82, 2.24) is 4.72 Å². The van der Waals surface area contributed by atoms with Crippen molar-refractivity contribution in [3.8, 4) is 0 Å². The van der Waals surface area contributed by atoms with Crippen LogP contribution in [0.1, 0.15) is 26.2 Å². The first-order chi connectivity index (χ1) is 9.88. The van der Waals surface area contributed by atoms with Crippen LogP contribution in [0, 0.1) is 0 Å². The molecule has 3 N–H and O–H groups in total. The van der Waals surface area contributed by atoms with Crippen molar-refractivity contribution >= 4 is 47.6 Å². The minimum atomic E-state index is -3.59. The lowest BCUT2D eigenvalue weighted by Crippen LogP contribution is -2.26. The zero-order valence-electron chi connectivity index (χ0n) is 11.9. The molecule has 1 aromatic carbocycles. The summed E-state index contributed by atoms with van der Waals surface area (Å²) in [5.74, 6) is 0. The van der Waals surface area contributed by atoms with Crippen molar-refractivity contribution in [2.24, 2.45) is 0 Å². The van der Waals surface area contributed by atoms with Crippen LogP contribution >= 0.6 is 31.9 Å². The molecule has 1 rings (SSSR count). The van der Waals surface area contributed by atoms with Crippen LogP contribution in [0.2, 0.25) is 0 Å². The Balaban J connectivity index is 2.55. The fourth-order valence-electron chi connectivity index (χ4n) is 1.64. The van der Waals surface area contributed by atoms with Crippen molar-refractivity contribution in [2.75, 3.05) is 25.5 Å². The maximum atomic E-state index is 12.3. The number of nitrogens with one attached hydrogen (secondary N) is 1. The van der Waals surface area contributed by atoms with E-state index in [1.807, 2.05) is 0 Å². The Labute approximate surface area is 142 Å². The molecule has 0 saturated heterocycles. The van der Waals surface area contributed by atoms with Gasteiger partial charge in [-0.3, -0.25) is 0 Å². The third kappa shape index (κ3) is 6.23. The van der Waals surface area contributed by atoms with Gasteiger partial charge in [0.1, 0.15) is 4.90 Å². The Morgan fingerprint density at radius 2 is 1.76 bits per heavy atom. The van der Waals surface area contributed by atoms with Crippen molar-refractivity contribution in [3.05, 3.63) is 21.1 Å². The first-order valence-corrected chi connectivity index (χ1v) is 9.77. The topological polar surface area (TPSA) is 81.4 Å². The molecule has 8 heteroatoms. The van der Waals surface area contributed by atoms with Gasteiger partial charge in [0, 0.05) is 34.4 Å². The monoisotopic (exact) mass is 442 g/mol. The van der Waals surface area contributed by atoms with Crippen molar-refractivity contribution in [3.63, 3.8) is 0 Å². The van der Waals surface area contributed by atoms with Gasteiger partial charge in [-0.15, -0.1) is 0 Å². The van der Waals surface area contributed by atoms with Crippen LogP contribution in [-0.4, -0.2) is 28.2 Å². The fraction of sp³-hybridized carbons (Fsp3) is 0.538. The SMILES string of the molecule is CCCCOCCCNS(=O)(=O)c1c(Br)cc(N)cc1Br. The Morgan fingerprint density at radius 3 is 2.33 bits per heavy atom. The van der Waals surface area contributed by atoms with E-state index in [0.717, 1.165) is 19.4 Å². The second-order valence-corrected chi connectivity index (χ2v) is 7.94. The van der Waals surface area contributed by atoms with Crippen molar-refractivity contribution in [2.45, 2.75) is 31.1 Å².